The predicted molar refractivity (Wildman–Crippen MR) is 80.7 cm³/mol. The van der Waals surface area contributed by atoms with Gasteiger partial charge in [0.05, 0.1) is 4.91 Å². The van der Waals surface area contributed by atoms with E-state index in [4.69, 9.17) is 5.26 Å². The molecule has 1 aliphatic rings. The van der Waals surface area contributed by atoms with E-state index in [0.717, 1.165) is 16.3 Å². The van der Waals surface area contributed by atoms with Crippen LogP contribution in [0.1, 0.15) is 5.56 Å². The van der Waals surface area contributed by atoms with Crippen LogP contribution in [-0.2, 0) is 4.79 Å². The van der Waals surface area contributed by atoms with Gasteiger partial charge in [-0.3, -0.25) is 10.1 Å². The second-order valence-corrected chi connectivity index (χ2v) is 5.22. The van der Waals surface area contributed by atoms with Gasteiger partial charge in [0, 0.05) is 0 Å². The SMILES string of the molecule is N#C/N=C1\NC(=O)/C(=C/c2ccc3ccccc3c2)S1. The van der Waals surface area contributed by atoms with Crippen molar-refractivity contribution in [3.05, 3.63) is 52.9 Å². The van der Waals surface area contributed by atoms with Gasteiger partial charge < -0.3 is 0 Å². The highest BCUT2D eigenvalue weighted by Gasteiger charge is 2.23. The maximum absolute atomic E-state index is 11.7. The summed E-state index contributed by atoms with van der Waals surface area (Å²) in [5.74, 6) is -0.225. The van der Waals surface area contributed by atoms with Crippen molar-refractivity contribution >= 4 is 39.7 Å². The van der Waals surface area contributed by atoms with Crippen molar-refractivity contribution in [1.29, 1.82) is 5.26 Å². The second kappa shape index (κ2) is 5.19. The first-order chi connectivity index (χ1) is 9.76. The summed E-state index contributed by atoms with van der Waals surface area (Å²) in [7, 11) is 0. The molecule has 96 valence electrons. The lowest BCUT2D eigenvalue weighted by atomic mass is 10.1. The quantitative estimate of drug-likeness (QED) is 0.645. The Bertz CT molecular complexity index is 802. The van der Waals surface area contributed by atoms with Crippen LogP contribution < -0.4 is 5.32 Å². The van der Waals surface area contributed by atoms with Crippen LogP contribution in [0.5, 0.6) is 0 Å². The first kappa shape index (κ1) is 12.5. The third kappa shape index (κ3) is 2.42. The van der Waals surface area contributed by atoms with E-state index in [9.17, 15) is 4.79 Å². The zero-order chi connectivity index (χ0) is 13.9. The summed E-state index contributed by atoms with van der Waals surface area (Å²) in [6.45, 7) is 0. The van der Waals surface area contributed by atoms with Crippen LogP contribution in [-0.4, -0.2) is 11.1 Å². The summed E-state index contributed by atoms with van der Waals surface area (Å²) < 4.78 is 0. The van der Waals surface area contributed by atoms with Crippen molar-refractivity contribution in [2.75, 3.05) is 0 Å². The predicted octanol–water partition coefficient (Wildman–Crippen LogP) is 2.88. The Kier molecular flexibility index (Phi) is 3.23. The molecule has 4 nitrogen and oxygen atoms in total. The molecule has 0 spiro atoms. The molecule has 0 aromatic heterocycles. The Morgan fingerprint density at radius 3 is 2.80 bits per heavy atom. The molecule has 0 saturated carbocycles. The number of hydrogen-bond donors (Lipinski definition) is 1. The minimum Gasteiger partial charge on any atom is -0.300 e. The molecule has 1 saturated heterocycles. The van der Waals surface area contributed by atoms with Gasteiger partial charge in [0.15, 0.2) is 5.17 Å². The van der Waals surface area contributed by atoms with Crippen LogP contribution in [0.4, 0.5) is 0 Å². The van der Waals surface area contributed by atoms with Gasteiger partial charge in [-0.2, -0.15) is 5.26 Å². The lowest BCUT2D eigenvalue weighted by molar-refractivity contribution is -0.115. The number of nitrogens with zero attached hydrogens (tertiary/aromatic N) is 2. The molecule has 1 amide bonds. The third-order valence-corrected chi connectivity index (χ3v) is 3.78. The number of thioether (sulfide) groups is 1. The average molecular weight is 279 g/mol. The Labute approximate surface area is 119 Å². The number of benzene rings is 2. The van der Waals surface area contributed by atoms with Crippen molar-refractivity contribution in [1.82, 2.24) is 5.32 Å². The number of amidine groups is 1. The first-order valence-corrected chi connectivity index (χ1v) is 6.74. The molecular formula is C15H9N3OS. The van der Waals surface area contributed by atoms with Crippen LogP contribution in [0, 0.1) is 11.5 Å². The molecular weight excluding hydrogens is 270 g/mol. The fraction of sp³-hybridized carbons (Fsp3) is 0. The van der Waals surface area contributed by atoms with Gasteiger partial charge in [-0.05, 0) is 40.2 Å². The average Bonchev–Trinajstić information content (AvgIpc) is 2.79. The first-order valence-electron chi connectivity index (χ1n) is 5.93. The Hall–Kier alpha value is -2.58. The number of carbonyl (C=O) groups excluding carboxylic acids is 1. The second-order valence-electron chi connectivity index (χ2n) is 4.19. The molecule has 2 aromatic carbocycles. The molecule has 0 atom stereocenters. The summed E-state index contributed by atoms with van der Waals surface area (Å²) in [6, 6.07) is 14.0. The summed E-state index contributed by atoms with van der Waals surface area (Å²) in [4.78, 5) is 15.8. The molecule has 0 bridgehead atoms. The van der Waals surface area contributed by atoms with Crippen LogP contribution in [0.2, 0.25) is 0 Å². The number of nitrogens with one attached hydrogen (secondary N) is 1. The fourth-order valence-corrected chi connectivity index (χ4v) is 2.75. The number of aliphatic imine (C=N–C) groups is 1. The van der Waals surface area contributed by atoms with Gasteiger partial charge >= 0.3 is 0 Å². The van der Waals surface area contributed by atoms with Crippen LogP contribution in [0.25, 0.3) is 16.8 Å². The lowest BCUT2D eigenvalue weighted by Gasteiger charge is -1.99. The third-order valence-electron chi connectivity index (χ3n) is 2.87. The monoisotopic (exact) mass is 279 g/mol. The molecule has 5 heteroatoms. The normalized spacial score (nSPS) is 18.4. The Morgan fingerprint density at radius 2 is 2.00 bits per heavy atom. The van der Waals surface area contributed by atoms with Gasteiger partial charge in [-0.15, -0.1) is 4.99 Å². The number of hydrogen-bond acceptors (Lipinski definition) is 4. The molecule has 0 aliphatic carbocycles. The molecule has 3 rings (SSSR count). The van der Waals surface area contributed by atoms with Gasteiger partial charge in [0.1, 0.15) is 0 Å². The van der Waals surface area contributed by atoms with Crippen molar-refractivity contribution in [2.45, 2.75) is 0 Å². The van der Waals surface area contributed by atoms with E-state index >= 15 is 0 Å². The molecule has 20 heavy (non-hydrogen) atoms. The fourth-order valence-electron chi connectivity index (χ4n) is 1.97. The molecule has 1 fully saturated rings. The molecule has 2 aromatic rings. The summed E-state index contributed by atoms with van der Waals surface area (Å²) in [5, 5.41) is 13.6. The van der Waals surface area contributed by atoms with Gasteiger partial charge in [-0.25, -0.2) is 0 Å². The molecule has 1 N–H and O–H groups in total. The van der Waals surface area contributed by atoms with Crippen LogP contribution in [0.3, 0.4) is 0 Å². The zero-order valence-corrected chi connectivity index (χ0v) is 11.1. The number of fused-ring (bicyclic) bond motifs is 1. The maximum Gasteiger partial charge on any atom is 0.264 e. The number of carbonyl (C=O) groups is 1. The molecule has 1 aliphatic heterocycles. The topological polar surface area (TPSA) is 65.2 Å². The molecule has 1 heterocycles. The van der Waals surface area contributed by atoms with Crippen LogP contribution in [0.15, 0.2) is 52.4 Å². The van der Waals surface area contributed by atoms with Gasteiger partial charge in [-0.1, -0.05) is 36.4 Å². The zero-order valence-electron chi connectivity index (χ0n) is 10.3. The number of amides is 1. The van der Waals surface area contributed by atoms with Gasteiger partial charge in [0.2, 0.25) is 6.19 Å². The minimum atomic E-state index is -0.225. The van der Waals surface area contributed by atoms with E-state index in [1.54, 1.807) is 12.3 Å². The maximum atomic E-state index is 11.7. The van der Waals surface area contributed by atoms with E-state index in [-0.39, 0.29) is 5.91 Å². The number of rotatable bonds is 1. The summed E-state index contributed by atoms with van der Waals surface area (Å²) in [6.07, 6.45) is 3.46. The largest absolute Gasteiger partial charge is 0.300 e. The minimum absolute atomic E-state index is 0.225. The van der Waals surface area contributed by atoms with E-state index < -0.39 is 0 Å². The van der Waals surface area contributed by atoms with E-state index in [0.29, 0.717) is 10.1 Å². The smallest absolute Gasteiger partial charge is 0.264 e. The van der Waals surface area contributed by atoms with Crippen molar-refractivity contribution in [2.24, 2.45) is 4.99 Å². The standard InChI is InChI=1S/C15H9N3OS/c16-9-17-15-18-14(19)13(20-15)8-10-5-6-11-3-1-2-4-12(11)7-10/h1-8H,(H,17,18,19)/b13-8-. The van der Waals surface area contributed by atoms with E-state index in [1.165, 1.54) is 11.8 Å². The highest BCUT2D eigenvalue weighted by atomic mass is 32.2. The molecule has 0 radical (unpaired) electrons. The lowest BCUT2D eigenvalue weighted by Crippen LogP contribution is -2.19. The summed E-state index contributed by atoms with van der Waals surface area (Å²) in [5.41, 5.74) is 0.944. The Morgan fingerprint density at radius 1 is 1.20 bits per heavy atom. The van der Waals surface area contributed by atoms with E-state index in [1.807, 2.05) is 42.5 Å². The van der Waals surface area contributed by atoms with Crippen molar-refractivity contribution in [3.8, 4) is 6.19 Å². The van der Waals surface area contributed by atoms with Crippen LogP contribution >= 0.6 is 11.8 Å². The Balaban J connectivity index is 1.96. The highest BCUT2D eigenvalue weighted by Crippen LogP contribution is 2.26. The van der Waals surface area contributed by atoms with Crippen molar-refractivity contribution in [3.63, 3.8) is 0 Å². The summed E-state index contributed by atoms with van der Waals surface area (Å²) >= 11 is 1.17. The van der Waals surface area contributed by atoms with Gasteiger partial charge in [0.25, 0.3) is 5.91 Å². The van der Waals surface area contributed by atoms with E-state index in [2.05, 4.69) is 10.3 Å². The number of nitriles is 1. The van der Waals surface area contributed by atoms with Crippen molar-refractivity contribution < 1.29 is 4.79 Å². The highest BCUT2D eigenvalue weighted by molar-refractivity contribution is 8.18. The molecule has 0 unspecified atom stereocenters.